The summed E-state index contributed by atoms with van der Waals surface area (Å²) in [4.78, 5) is 10.8. The second-order valence-electron chi connectivity index (χ2n) is 14.5. The molecule has 13 aromatic rings. The molecule has 5 aromatic heterocycles. The molecule has 0 radical (unpaired) electrons. The van der Waals surface area contributed by atoms with Gasteiger partial charge in [0.2, 0.25) is 11.7 Å². The van der Waals surface area contributed by atoms with E-state index in [1.54, 1.807) is 0 Å². The summed E-state index contributed by atoms with van der Waals surface area (Å²) in [6, 6.07) is 60.5. The molecule has 0 aliphatic rings. The Morgan fingerprint density at radius 2 is 1.05 bits per heavy atom. The van der Waals surface area contributed by atoms with E-state index in [1.165, 1.54) is 59.8 Å². The van der Waals surface area contributed by atoms with Crippen molar-refractivity contribution in [3.8, 4) is 28.3 Å². The Labute approximate surface area is 313 Å². The third-order valence-corrected chi connectivity index (χ3v) is 11.7. The minimum Gasteiger partial charge on any atom is -0.437 e. The number of hydrogen-bond acceptors (Lipinski definition) is 3. The molecule has 5 heteroatoms. The van der Waals surface area contributed by atoms with Gasteiger partial charge in [-0.15, -0.1) is 0 Å². The van der Waals surface area contributed by atoms with Gasteiger partial charge in [-0.3, -0.25) is 4.57 Å². The fraction of sp³-hybridized carbons (Fsp3) is 0. The lowest BCUT2D eigenvalue weighted by Crippen LogP contribution is -2.03. The summed E-state index contributed by atoms with van der Waals surface area (Å²) in [5.41, 5.74) is 11.3. The van der Waals surface area contributed by atoms with Gasteiger partial charge < -0.3 is 8.82 Å². The number of aromatic nitrogens is 4. The third kappa shape index (κ3) is 3.81. The zero-order valence-corrected chi connectivity index (χ0v) is 29.4. The van der Waals surface area contributed by atoms with Crippen LogP contribution in [-0.4, -0.2) is 18.9 Å². The van der Waals surface area contributed by atoms with Gasteiger partial charge in [0.1, 0.15) is 5.58 Å². The molecule has 0 aliphatic heterocycles. The molecule has 0 N–H and O–H groups in total. The molecule has 254 valence electrons. The summed E-state index contributed by atoms with van der Waals surface area (Å²) >= 11 is 0. The van der Waals surface area contributed by atoms with Crippen molar-refractivity contribution in [3.63, 3.8) is 0 Å². The first-order valence-electron chi connectivity index (χ1n) is 18.7. The van der Waals surface area contributed by atoms with Crippen LogP contribution in [0.3, 0.4) is 0 Å². The first-order chi connectivity index (χ1) is 27.3. The highest BCUT2D eigenvalue weighted by atomic mass is 16.3. The smallest absolute Gasteiger partial charge is 0.238 e. The highest BCUT2D eigenvalue weighted by Crippen LogP contribution is 2.48. The molecule has 8 aromatic carbocycles. The maximum atomic E-state index is 6.58. The lowest BCUT2D eigenvalue weighted by molar-refractivity contribution is 0.651. The number of para-hydroxylation sites is 3. The molecular formula is C50H28N4O. The summed E-state index contributed by atoms with van der Waals surface area (Å²) in [6.07, 6.45) is 0. The van der Waals surface area contributed by atoms with Gasteiger partial charge in [-0.05, 0) is 40.8 Å². The van der Waals surface area contributed by atoms with Crippen LogP contribution in [0.2, 0.25) is 0 Å². The monoisotopic (exact) mass is 700 g/mol. The summed E-state index contributed by atoms with van der Waals surface area (Å²) in [7, 11) is 0. The van der Waals surface area contributed by atoms with Crippen LogP contribution in [0.25, 0.3) is 121 Å². The van der Waals surface area contributed by atoms with E-state index >= 15 is 0 Å². The summed E-state index contributed by atoms with van der Waals surface area (Å²) in [5, 5.41) is 11.6. The number of hydrogen-bond donors (Lipinski definition) is 0. The molecule has 55 heavy (non-hydrogen) atoms. The topological polar surface area (TPSA) is 48.3 Å². The molecule has 0 bridgehead atoms. The van der Waals surface area contributed by atoms with Crippen LogP contribution in [-0.2, 0) is 0 Å². The van der Waals surface area contributed by atoms with Crippen LogP contribution >= 0.6 is 0 Å². The van der Waals surface area contributed by atoms with Crippen molar-refractivity contribution >= 4 is 92.7 Å². The normalized spacial score (nSPS) is 12.4. The zero-order valence-electron chi connectivity index (χ0n) is 29.4. The number of fused-ring (bicyclic) bond motifs is 15. The number of furan rings is 1. The van der Waals surface area contributed by atoms with Crippen molar-refractivity contribution in [2.24, 2.45) is 0 Å². The van der Waals surface area contributed by atoms with Crippen LogP contribution in [0.4, 0.5) is 0 Å². The second-order valence-corrected chi connectivity index (χ2v) is 14.5. The first kappa shape index (κ1) is 29.0. The van der Waals surface area contributed by atoms with Gasteiger partial charge >= 0.3 is 0 Å². The molecule has 0 spiro atoms. The maximum Gasteiger partial charge on any atom is 0.238 e. The average molecular weight is 701 g/mol. The van der Waals surface area contributed by atoms with Crippen LogP contribution in [0.1, 0.15) is 0 Å². The van der Waals surface area contributed by atoms with Crippen molar-refractivity contribution in [2.45, 2.75) is 0 Å². The van der Waals surface area contributed by atoms with Crippen molar-refractivity contribution in [1.82, 2.24) is 18.9 Å². The van der Waals surface area contributed by atoms with Crippen molar-refractivity contribution < 1.29 is 4.42 Å². The van der Waals surface area contributed by atoms with E-state index in [0.717, 1.165) is 49.6 Å². The van der Waals surface area contributed by atoms with E-state index in [4.69, 9.17) is 14.4 Å². The predicted octanol–water partition coefficient (Wildman–Crippen LogP) is 13.1. The molecule has 0 amide bonds. The molecule has 5 nitrogen and oxygen atoms in total. The molecule has 0 fully saturated rings. The summed E-state index contributed by atoms with van der Waals surface area (Å²) in [5.74, 6) is 0.577. The lowest BCUT2D eigenvalue weighted by atomic mass is 10.0. The molecule has 0 saturated carbocycles. The van der Waals surface area contributed by atoms with Gasteiger partial charge in [-0.1, -0.05) is 146 Å². The Morgan fingerprint density at radius 1 is 0.400 bits per heavy atom. The van der Waals surface area contributed by atoms with Crippen LogP contribution in [0.15, 0.2) is 174 Å². The minimum absolute atomic E-state index is 0.567. The Balaban J connectivity index is 1.19. The van der Waals surface area contributed by atoms with Crippen molar-refractivity contribution in [3.05, 3.63) is 170 Å². The van der Waals surface area contributed by atoms with E-state index < -0.39 is 0 Å². The molecule has 0 unspecified atom stereocenters. The Morgan fingerprint density at radius 3 is 1.91 bits per heavy atom. The number of rotatable bonds is 3. The third-order valence-electron chi connectivity index (χ3n) is 11.7. The zero-order chi connectivity index (χ0) is 35.8. The number of benzene rings is 8. The first-order valence-corrected chi connectivity index (χ1v) is 18.7. The Hall–Kier alpha value is -7.50. The molecular weight excluding hydrogens is 673 g/mol. The van der Waals surface area contributed by atoms with Gasteiger partial charge in [-0.25, -0.2) is 4.98 Å². The van der Waals surface area contributed by atoms with Crippen molar-refractivity contribution in [2.75, 3.05) is 0 Å². The van der Waals surface area contributed by atoms with Gasteiger partial charge in [0.05, 0.1) is 38.7 Å². The van der Waals surface area contributed by atoms with E-state index in [1.807, 2.05) is 24.3 Å². The van der Waals surface area contributed by atoms with Crippen LogP contribution < -0.4 is 0 Å². The van der Waals surface area contributed by atoms with E-state index in [0.29, 0.717) is 11.7 Å². The molecule has 0 saturated heterocycles. The summed E-state index contributed by atoms with van der Waals surface area (Å²) < 4.78 is 11.3. The molecule has 0 atom stereocenters. The largest absolute Gasteiger partial charge is 0.437 e. The fourth-order valence-corrected chi connectivity index (χ4v) is 9.34. The van der Waals surface area contributed by atoms with E-state index in [2.05, 4.69) is 155 Å². The molecule has 0 aliphatic carbocycles. The van der Waals surface area contributed by atoms with Gasteiger partial charge in [0.25, 0.3) is 0 Å². The van der Waals surface area contributed by atoms with Gasteiger partial charge in [0.15, 0.2) is 0 Å². The van der Waals surface area contributed by atoms with Crippen molar-refractivity contribution in [1.29, 1.82) is 0 Å². The van der Waals surface area contributed by atoms with E-state index in [9.17, 15) is 0 Å². The molecule has 13 rings (SSSR count). The quantitative estimate of drug-likeness (QED) is 0.184. The predicted molar refractivity (Wildman–Crippen MR) is 227 cm³/mol. The van der Waals surface area contributed by atoms with Crippen LogP contribution in [0.5, 0.6) is 0 Å². The van der Waals surface area contributed by atoms with E-state index in [-0.39, 0.29) is 0 Å². The maximum absolute atomic E-state index is 6.58. The standard InChI is InChI=1S/C50H28N4O/c1-2-12-29(13-3-1)30-22-24-32(25-23-30)45-43-37-18-8-11-21-42(37)55-49(43)52-50(51-45)54-40-19-9-6-16-34(40)38-28-39-35-27-26-31-14-4-5-15-33(31)46(35)53-41-20-10-7-17-36(41)44(47(39)53)48(38)54/h1-28H. The minimum atomic E-state index is 0.567. The lowest BCUT2D eigenvalue weighted by Gasteiger charge is -2.11. The highest BCUT2D eigenvalue weighted by molar-refractivity contribution is 6.35. The average Bonchev–Trinajstić information content (AvgIpc) is 3.99. The molecule has 5 heterocycles. The SMILES string of the molecule is c1ccc(-c2ccc(-c3nc(-n4c5ccccc5c5cc6c7ccc8ccccc8c7n7c8ccccc8c(c54)c67)nc4oc5ccccc5c34)cc2)cc1. The van der Waals surface area contributed by atoms with Gasteiger partial charge in [-0.2, -0.15) is 4.98 Å². The number of nitrogens with zero attached hydrogens (tertiary/aromatic N) is 4. The fourth-order valence-electron chi connectivity index (χ4n) is 9.34. The summed E-state index contributed by atoms with van der Waals surface area (Å²) in [6.45, 7) is 0. The Kier molecular flexibility index (Phi) is 5.57. The second kappa shape index (κ2) is 10.6. The Bertz CT molecular complexity index is 3700. The highest BCUT2D eigenvalue weighted by Gasteiger charge is 2.27. The van der Waals surface area contributed by atoms with Crippen LogP contribution in [0, 0.1) is 0 Å². The van der Waals surface area contributed by atoms with Gasteiger partial charge in [0, 0.05) is 48.7 Å².